The van der Waals surface area contributed by atoms with Gasteiger partial charge >= 0.3 is 0 Å². The van der Waals surface area contributed by atoms with E-state index in [9.17, 15) is 18.4 Å². The van der Waals surface area contributed by atoms with E-state index in [4.69, 9.17) is 0 Å². The predicted octanol–water partition coefficient (Wildman–Crippen LogP) is 2.35. The Morgan fingerprint density at radius 2 is 2.19 bits per heavy atom. The fraction of sp³-hybridized carbons (Fsp3) is 0.389. The molecular formula is C18H22F2N4O2. The molecule has 0 saturated heterocycles. The number of pyridine rings is 1. The Balaban J connectivity index is 2.30. The van der Waals surface area contributed by atoms with Crippen molar-refractivity contribution < 1.29 is 18.4 Å². The van der Waals surface area contributed by atoms with E-state index in [1.54, 1.807) is 44.1 Å². The van der Waals surface area contributed by atoms with E-state index in [0.717, 1.165) is 5.56 Å². The molecule has 1 unspecified atom stereocenters. The minimum Gasteiger partial charge on any atom is -0.385 e. The normalized spacial score (nSPS) is 15.9. The molecule has 1 aromatic rings. The van der Waals surface area contributed by atoms with Crippen LogP contribution in [-0.4, -0.2) is 48.1 Å². The Bertz CT molecular complexity index is 747. The molecule has 0 bridgehead atoms. The van der Waals surface area contributed by atoms with Gasteiger partial charge in [0.2, 0.25) is 0 Å². The molecule has 1 aliphatic rings. The van der Waals surface area contributed by atoms with Crippen molar-refractivity contribution in [1.82, 2.24) is 15.2 Å². The lowest BCUT2D eigenvalue weighted by Crippen LogP contribution is -2.35. The first-order valence-electron chi connectivity index (χ1n) is 8.20. The van der Waals surface area contributed by atoms with Gasteiger partial charge in [-0.05, 0) is 37.1 Å². The van der Waals surface area contributed by atoms with Crippen molar-refractivity contribution in [1.29, 1.82) is 0 Å². The Morgan fingerprint density at radius 1 is 1.46 bits per heavy atom. The van der Waals surface area contributed by atoms with Crippen molar-refractivity contribution in [3.05, 3.63) is 46.8 Å². The maximum Gasteiger partial charge on any atom is 0.255 e. The van der Waals surface area contributed by atoms with Gasteiger partial charge in [-0.3, -0.25) is 9.59 Å². The molecule has 1 aromatic heterocycles. The largest absolute Gasteiger partial charge is 0.385 e. The quantitative estimate of drug-likeness (QED) is 0.421. The van der Waals surface area contributed by atoms with E-state index in [1.807, 2.05) is 0 Å². The second kappa shape index (κ2) is 8.55. The maximum atomic E-state index is 12.8. The third-order valence-corrected chi connectivity index (χ3v) is 4.18. The molecule has 0 saturated carbocycles. The zero-order valence-corrected chi connectivity index (χ0v) is 14.9. The number of anilines is 1. The second-order valence-corrected chi connectivity index (χ2v) is 5.99. The standard InChI is InChI=1S/C18H22F2N4O2/c1-11(10-25)6-13(7-22-8-16(19)20)12(2)24-9-15-14(18(24)26)4-5-23-17(15)21-3/h4-7,10,12,16,22H,8-9H2,1-3H3,(H,21,23). The number of hydrogen-bond donors (Lipinski definition) is 2. The molecule has 1 atom stereocenters. The molecule has 0 aromatic carbocycles. The summed E-state index contributed by atoms with van der Waals surface area (Å²) in [5, 5.41) is 5.51. The molecule has 26 heavy (non-hydrogen) atoms. The smallest absolute Gasteiger partial charge is 0.255 e. The summed E-state index contributed by atoms with van der Waals surface area (Å²) in [6, 6.07) is 1.25. The van der Waals surface area contributed by atoms with Gasteiger partial charge in [0.1, 0.15) is 12.1 Å². The number of halogens is 2. The number of amides is 1. The first-order valence-corrected chi connectivity index (χ1v) is 8.20. The summed E-state index contributed by atoms with van der Waals surface area (Å²) >= 11 is 0. The van der Waals surface area contributed by atoms with Crippen molar-refractivity contribution in [3.63, 3.8) is 0 Å². The van der Waals surface area contributed by atoms with Gasteiger partial charge in [0.25, 0.3) is 12.3 Å². The Labute approximate surface area is 151 Å². The zero-order chi connectivity index (χ0) is 19.3. The number of nitrogens with zero attached hydrogens (tertiary/aromatic N) is 2. The third kappa shape index (κ3) is 4.25. The van der Waals surface area contributed by atoms with Gasteiger partial charge < -0.3 is 15.5 Å². The number of carbonyl (C=O) groups excluding carboxylic acids is 2. The van der Waals surface area contributed by atoms with Crippen LogP contribution in [0.15, 0.2) is 35.7 Å². The molecule has 8 heteroatoms. The summed E-state index contributed by atoms with van der Waals surface area (Å²) in [5.41, 5.74) is 2.36. The average Bonchev–Trinajstić information content (AvgIpc) is 2.96. The van der Waals surface area contributed by atoms with Gasteiger partial charge in [0, 0.05) is 30.6 Å². The molecule has 0 fully saturated rings. The highest BCUT2D eigenvalue weighted by Crippen LogP contribution is 2.30. The van der Waals surface area contributed by atoms with Gasteiger partial charge in [-0.2, -0.15) is 0 Å². The first-order chi connectivity index (χ1) is 12.4. The van der Waals surface area contributed by atoms with Crippen LogP contribution in [0, 0.1) is 0 Å². The number of nitrogens with one attached hydrogen (secondary N) is 2. The van der Waals surface area contributed by atoms with Crippen molar-refractivity contribution in [2.75, 3.05) is 18.9 Å². The number of fused-ring (bicyclic) bond motifs is 1. The van der Waals surface area contributed by atoms with Crippen LogP contribution in [0.25, 0.3) is 0 Å². The number of aromatic nitrogens is 1. The van der Waals surface area contributed by atoms with Gasteiger partial charge in [0.05, 0.1) is 19.1 Å². The van der Waals surface area contributed by atoms with Crippen molar-refractivity contribution in [3.8, 4) is 0 Å². The zero-order valence-electron chi connectivity index (χ0n) is 14.9. The monoisotopic (exact) mass is 364 g/mol. The van der Waals surface area contributed by atoms with Crippen LogP contribution < -0.4 is 10.6 Å². The summed E-state index contributed by atoms with van der Waals surface area (Å²) in [6.45, 7) is 3.25. The third-order valence-electron chi connectivity index (χ3n) is 4.18. The number of carbonyl (C=O) groups is 2. The second-order valence-electron chi connectivity index (χ2n) is 5.99. The van der Waals surface area contributed by atoms with Gasteiger partial charge in [-0.1, -0.05) is 0 Å². The fourth-order valence-corrected chi connectivity index (χ4v) is 2.80. The van der Waals surface area contributed by atoms with Crippen molar-refractivity contribution in [2.45, 2.75) is 32.9 Å². The minimum atomic E-state index is -2.50. The number of allylic oxidation sites excluding steroid dienone is 1. The molecule has 0 radical (unpaired) electrons. The van der Waals surface area contributed by atoms with Crippen LogP contribution in [0.2, 0.25) is 0 Å². The average molecular weight is 364 g/mol. The van der Waals surface area contributed by atoms with Crippen LogP contribution >= 0.6 is 0 Å². The van der Waals surface area contributed by atoms with Crippen LogP contribution in [-0.2, 0) is 11.3 Å². The molecule has 2 N–H and O–H groups in total. The van der Waals surface area contributed by atoms with Gasteiger partial charge in [-0.15, -0.1) is 0 Å². The minimum absolute atomic E-state index is 0.164. The van der Waals surface area contributed by atoms with Crippen molar-refractivity contribution >= 4 is 18.0 Å². The summed E-state index contributed by atoms with van der Waals surface area (Å²) in [6.07, 6.45) is 2.76. The number of hydrogen-bond acceptors (Lipinski definition) is 5. The Hall–Kier alpha value is -2.77. The number of rotatable bonds is 8. The molecule has 0 spiro atoms. The molecule has 2 heterocycles. The molecule has 0 aliphatic carbocycles. The lowest BCUT2D eigenvalue weighted by Gasteiger charge is -2.26. The van der Waals surface area contributed by atoms with E-state index in [1.165, 1.54) is 6.20 Å². The summed E-state index contributed by atoms with van der Waals surface area (Å²) in [7, 11) is 1.73. The maximum absolute atomic E-state index is 12.8. The number of aldehydes is 1. The Morgan fingerprint density at radius 3 is 2.81 bits per heavy atom. The molecule has 1 aliphatic heterocycles. The highest BCUT2D eigenvalue weighted by Gasteiger charge is 2.33. The van der Waals surface area contributed by atoms with Crippen molar-refractivity contribution in [2.24, 2.45) is 0 Å². The summed E-state index contributed by atoms with van der Waals surface area (Å²) in [5.74, 6) is 0.467. The van der Waals surface area contributed by atoms with E-state index in [2.05, 4.69) is 15.6 Å². The molecule has 1 amide bonds. The highest BCUT2D eigenvalue weighted by molar-refractivity contribution is 6.00. The van der Waals surface area contributed by atoms with E-state index >= 15 is 0 Å². The topological polar surface area (TPSA) is 74.3 Å². The molecular weight excluding hydrogens is 342 g/mol. The Kier molecular flexibility index (Phi) is 6.43. The summed E-state index contributed by atoms with van der Waals surface area (Å²) < 4.78 is 24.8. The molecule has 140 valence electrons. The van der Waals surface area contributed by atoms with Gasteiger partial charge in [-0.25, -0.2) is 13.8 Å². The highest BCUT2D eigenvalue weighted by atomic mass is 19.3. The van der Waals surface area contributed by atoms with Crippen LogP contribution in [0.5, 0.6) is 0 Å². The van der Waals surface area contributed by atoms with Gasteiger partial charge in [0.15, 0.2) is 0 Å². The molecule has 2 rings (SSSR count). The van der Waals surface area contributed by atoms with E-state index < -0.39 is 19.0 Å². The lowest BCUT2D eigenvalue weighted by molar-refractivity contribution is -0.104. The summed E-state index contributed by atoms with van der Waals surface area (Å²) in [4.78, 5) is 29.6. The first kappa shape index (κ1) is 19.6. The van der Waals surface area contributed by atoms with Crippen LogP contribution in [0.4, 0.5) is 14.6 Å². The predicted molar refractivity (Wildman–Crippen MR) is 95.0 cm³/mol. The van der Waals surface area contributed by atoms with E-state index in [-0.39, 0.29) is 5.91 Å². The van der Waals surface area contributed by atoms with Crippen LogP contribution in [0.1, 0.15) is 29.8 Å². The lowest BCUT2D eigenvalue weighted by atomic mass is 10.1. The van der Waals surface area contributed by atoms with E-state index in [0.29, 0.717) is 35.4 Å². The molecule has 6 nitrogen and oxygen atoms in total. The SMILES string of the molecule is CNc1nccc2c1CN(C(C)C(C=C(C)C=O)=CNCC(F)F)C2=O. The fourth-order valence-electron chi connectivity index (χ4n) is 2.80. The number of alkyl halides is 2. The van der Waals surface area contributed by atoms with Crippen LogP contribution in [0.3, 0.4) is 0 Å².